The summed E-state index contributed by atoms with van der Waals surface area (Å²) < 4.78 is 1.17. The number of aryl methyl sites for hydroxylation is 1. The van der Waals surface area contributed by atoms with Crippen LogP contribution in [-0.2, 0) is 6.42 Å². The summed E-state index contributed by atoms with van der Waals surface area (Å²) in [6.45, 7) is 0. The van der Waals surface area contributed by atoms with Crippen molar-refractivity contribution in [2.24, 2.45) is 0 Å². The number of hydrogen-bond donors (Lipinski definition) is 0. The summed E-state index contributed by atoms with van der Waals surface area (Å²) in [5.74, 6) is 0. The van der Waals surface area contributed by atoms with Gasteiger partial charge in [0.15, 0.2) is 0 Å². The van der Waals surface area contributed by atoms with E-state index in [1.807, 2.05) is 0 Å². The van der Waals surface area contributed by atoms with Crippen molar-refractivity contribution in [3.05, 3.63) is 33.8 Å². The van der Waals surface area contributed by atoms with Gasteiger partial charge in [0.25, 0.3) is 0 Å². The van der Waals surface area contributed by atoms with Crippen LogP contribution in [-0.4, -0.2) is 0 Å². The number of halogens is 2. The standard InChI is InChI=1S/C10H10BrCl/c11-8-5-1-3-7-4-2-6-9(12)10(7)8/h1,3,5,9H,2,4,6H2. The zero-order valence-electron chi connectivity index (χ0n) is 6.69. The highest BCUT2D eigenvalue weighted by Crippen LogP contribution is 2.38. The Labute approximate surface area is 86.1 Å². The highest BCUT2D eigenvalue weighted by atomic mass is 79.9. The molecule has 12 heavy (non-hydrogen) atoms. The predicted octanol–water partition coefficient (Wildman–Crippen LogP) is 4.07. The normalized spacial score (nSPS) is 22.0. The molecule has 0 amide bonds. The largest absolute Gasteiger partial charge is 0.118 e. The van der Waals surface area contributed by atoms with E-state index in [-0.39, 0.29) is 5.38 Å². The van der Waals surface area contributed by atoms with Crippen molar-refractivity contribution in [2.75, 3.05) is 0 Å². The van der Waals surface area contributed by atoms with Crippen molar-refractivity contribution < 1.29 is 0 Å². The molecule has 0 aromatic heterocycles. The van der Waals surface area contributed by atoms with E-state index in [1.165, 1.54) is 28.4 Å². The van der Waals surface area contributed by atoms with E-state index >= 15 is 0 Å². The van der Waals surface area contributed by atoms with Gasteiger partial charge in [-0.2, -0.15) is 0 Å². The zero-order valence-corrected chi connectivity index (χ0v) is 9.03. The Kier molecular flexibility index (Phi) is 2.42. The lowest BCUT2D eigenvalue weighted by Gasteiger charge is -2.21. The summed E-state index contributed by atoms with van der Waals surface area (Å²) in [4.78, 5) is 0. The van der Waals surface area contributed by atoms with Crippen molar-refractivity contribution in [3.8, 4) is 0 Å². The molecule has 0 aliphatic heterocycles. The Balaban J connectivity index is 2.53. The molecule has 0 heterocycles. The van der Waals surface area contributed by atoms with Crippen LogP contribution < -0.4 is 0 Å². The molecule has 0 saturated carbocycles. The van der Waals surface area contributed by atoms with Crippen LogP contribution in [0.1, 0.15) is 29.3 Å². The Morgan fingerprint density at radius 3 is 3.00 bits per heavy atom. The average molecular weight is 246 g/mol. The maximum absolute atomic E-state index is 6.22. The van der Waals surface area contributed by atoms with Crippen LogP contribution in [0.15, 0.2) is 22.7 Å². The molecule has 1 aliphatic rings. The molecule has 1 atom stereocenters. The molecule has 0 spiro atoms. The van der Waals surface area contributed by atoms with Crippen molar-refractivity contribution in [2.45, 2.75) is 24.6 Å². The van der Waals surface area contributed by atoms with Gasteiger partial charge < -0.3 is 0 Å². The van der Waals surface area contributed by atoms with Gasteiger partial charge in [0, 0.05) is 4.47 Å². The summed E-state index contributed by atoms with van der Waals surface area (Å²) >= 11 is 9.76. The summed E-state index contributed by atoms with van der Waals surface area (Å²) in [6, 6.07) is 6.33. The van der Waals surface area contributed by atoms with Gasteiger partial charge >= 0.3 is 0 Å². The molecule has 0 N–H and O–H groups in total. The van der Waals surface area contributed by atoms with E-state index in [9.17, 15) is 0 Å². The Morgan fingerprint density at radius 1 is 1.42 bits per heavy atom. The summed E-state index contributed by atoms with van der Waals surface area (Å²) in [5, 5.41) is 0.212. The highest BCUT2D eigenvalue weighted by molar-refractivity contribution is 9.10. The number of fused-ring (bicyclic) bond motifs is 1. The Morgan fingerprint density at radius 2 is 2.25 bits per heavy atom. The molecule has 0 bridgehead atoms. The quantitative estimate of drug-likeness (QED) is 0.605. The molecule has 0 fully saturated rings. The maximum Gasteiger partial charge on any atom is 0.0599 e. The number of benzene rings is 1. The molecule has 2 rings (SSSR count). The monoisotopic (exact) mass is 244 g/mol. The first kappa shape index (κ1) is 8.58. The van der Waals surface area contributed by atoms with Gasteiger partial charge in [-0.15, -0.1) is 11.6 Å². The lowest BCUT2D eigenvalue weighted by molar-refractivity contribution is 0.665. The minimum absolute atomic E-state index is 0.212. The van der Waals surface area contributed by atoms with Crippen LogP contribution >= 0.6 is 27.5 Å². The lowest BCUT2D eigenvalue weighted by Crippen LogP contribution is -2.05. The molecule has 64 valence electrons. The van der Waals surface area contributed by atoms with Crippen molar-refractivity contribution in [3.63, 3.8) is 0 Å². The Bertz CT molecular complexity index is 296. The smallest absolute Gasteiger partial charge is 0.0599 e. The van der Waals surface area contributed by atoms with Crippen LogP contribution in [0.5, 0.6) is 0 Å². The minimum Gasteiger partial charge on any atom is -0.118 e. The van der Waals surface area contributed by atoms with E-state index in [1.54, 1.807) is 0 Å². The SMILES string of the molecule is ClC1CCCc2cccc(Br)c21. The van der Waals surface area contributed by atoms with E-state index in [0.29, 0.717) is 0 Å². The van der Waals surface area contributed by atoms with Gasteiger partial charge in [-0.25, -0.2) is 0 Å². The van der Waals surface area contributed by atoms with E-state index < -0.39 is 0 Å². The minimum atomic E-state index is 0.212. The summed E-state index contributed by atoms with van der Waals surface area (Å²) in [6.07, 6.45) is 3.51. The second kappa shape index (κ2) is 3.39. The van der Waals surface area contributed by atoms with Gasteiger partial charge in [-0.05, 0) is 36.5 Å². The predicted molar refractivity (Wildman–Crippen MR) is 55.7 cm³/mol. The average Bonchev–Trinajstić information content (AvgIpc) is 2.04. The molecule has 1 aliphatic carbocycles. The third-order valence-corrected chi connectivity index (χ3v) is 3.49. The molecule has 0 saturated heterocycles. The fourth-order valence-corrected chi connectivity index (χ4v) is 2.99. The molecule has 1 aromatic carbocycles. The summed E-state index contributed by atoms with van der Waals surface area (Å²) in [7, 11) is 0. The summed E-state index contributed by atoms with van der Waals surface area (Å²) in [5.41, 5.74) is 2.72. The second-order valence-corrected chi connectivity index (χ2v) is 4.55. The second-order valence-electron chi connectivity index (χ2n) is 3.17. The zero-order chi connectivity index (χ0) is 8.55. The third kappa shape index (κ3) is 1.40. The van der Waals surface area contributed by atoms with Crippen molar-refractivity contribution in [1.82, 2.24) is 0 Å². The van der Waals surface area contributed by atoms with Gasteiger partial charge in [-0.1, -0.05) is 28.1 Å². The van der Waals surface area contributed by atoms with Gasteiger partial charge in [-0.3, -0.25) is 0 Å². The van der Waals surface area contributed by atoms with Crippen LogP contribution in [0.25, 0.3) is 0 Å². The van der Waals surface area contributed by atoms with Gasteiger partial charge in [0.2, 0.25) is 0 Å². The van der Waals surface area contributed by atoms with E-state index in [4.69, 9.17) is 11.6 Å². The van der Waals surface area contributed by atoms with Crippen LogP contribution in [0.4, 0.5) is 0 Å². The first-order valence-electron chi connectivity index (χ1n) is 4.20. The molecule has 1 unspecified atom stereocenters. The molecule has 2 heteroatoms. The Hall–Kier alpha value is -0.0100. The van der Waals surface area contributed by atoms with Crippen molar-refractivity contribution >= 4 is 27.5 Å². The number of alkyl halides is 1. The fraction of sp³-hybridized carbons (Fsp3) is 0.400. The van der Waals surface area contributed by atoms with E-state index in [2.05, 4.69) is 34.1 Å². The lowest BCUT2D eigenvalue weighted by atomic mass is 9.91. The highest BCUT2D eigenvalue weighted by Gasteiger charge is 2.19. The molecule has 1 aromatic rings. The van der Waals surface area contributed by atoms with Crippen LogP contribution in [0.2, 0.25) is 0 Å². The first-order valence-corrected chi connectivity index (χ1v) is 5.43. The maximum atomic E-state index is 6.22. The van der Waals surface area contributed by atoms with Gasteiger partial charge in [0.1, 0.15) is 0 Å². The fourth-order valence-electron chi connectivity index (χ4n) is 1.77. The first-order chi connectivity index (χ1) is 5.79. The molecule has 0 nitrogen and oxygen atoms in total. The van der Waals surface area contributed by atoms with Crippen LogP contribution in [0.3, 0.4) is 0 Å². The van der Waals surface area contributed by atoms with Crippen molar-refractivity contribution in [1.29, 1.82) is 0 Å². The third-order valence-electron chi connectivity index (χ3n) is 2.36. The van der Waals surface area contributed by atoms with E-state index in [0.717, 1.165) is 6.42 Å². The topological polar surface area (TPSA) is 0 Å². The van der Waals surface area contributed by atoms with Crippen LogP contribution in [0, 0.1) is 0 Å². The number of rotatable bonds is 0. The molecular formula is C10H10BrCl. The molecular weight excluding hydrogens is 235 g/mol. The number of hydrogen-bond acceptors (Lipinski definition) is 0. The molecule has 0 radical (unpaired) electrons. The van der Waals surface area contributed by atoms with Gasteiger partial charge in [0.05, 0.1) is 5.38 Å².